The van der Waals surface area contributed by atoms with E-state index in [1.165, 1.54) is 5.56 Å². The van der Waals surface area contributed by atoms with Gasteiger partial charge in [-0.15, -0.1) is 0 Å². The lowest BCUT2D eigenvalue weighted by Crippen LogP contribution is -2.50. The van der Waals surface area contributed by atoms with Gasteiger partial charge in [-0.2, -0.15) is 0 Å². The number of nitrogens with zero attached hydrogens (tertiary/aromatic N) is 3. The molecule has 0 saturated heterocycles. The fraction of sp³-hybridized carbons (Fsp3) is 0.259. The highest BCUT2D eigenvalue weighted by Gasteiger charge is 2.23. The number of ether oxygens (including phenoxy) is 1. The lowest BCUT2D eigenvalue weighted by molar-refractivity contribution is 0.242. The second-order valence-electron chi connectivity index (χ2n) is 8.32. The van der Waals surface area contributed by atoms with Gasteiger partial charge in [0.25, 0.3) is 5.56 Å². The maximum absolute atomic E-state index is 13.7. The molecule has 0 spiro atoms. The highest BCUT2D eigenvalue weighted by molar-refractivity contribution is 5.43. The third-order valence-electron chi connectivity index (χ3n) is 6.24. The Kier molecular flexibility index (Phi) is 5.73. The lowest BCUT2D eigenvalue weighted by atomic mass is 9.98. The molecule has 5 rings (SSSR count). The Morgan fingerprint density at radius 1 is 0.969 bits per heavy atom. The average Bonchev–Trinajstić information content (AvgIpc) is 3.09. The summed E-state index contributed by atoms with van der Waals surface area (Å²) < 4.78 is 7.14. The van der Waals surface area contributed by atoms with Crippen LogP contribution in [0.3, 0.4) is 0 Å². The summed E-state index contributed by atoms with van der Waals surface area (Å²) in [6, 6.07) is 18.3. The zero-order valence-electron chi connectivity index (χ0n) is 18.3. The molecule has 32 heavy (non-hydrogen) atoms. The molecule has 0 N–H and O–H groups in total. The zero-order valence-corrected chi connectivity index (χ0v) is 18.3. The first-order valence-electron chi connectivity index (χ1n) is 11.1. The molecule has 0 amide bonds. The fourth-order valence-electron chi connectivity index (χ4n) is 4.60. The molecule has 0 saturated carbocycles. The summed E-state index contributed by atoms with van der Waals surface area (Å²) in [7, 11) is 1.68. The van der Waals surface area contributed by atoms with E-state index in [-0.39, 0.29) is 5.56 Å². The SMILES string of the molecule is COc1ccc(CN2CCc3c(c(=O)n(Cc4ccccc4)c4c3=CC=CCN=4)C2)cc1. The summed E-state index contributed by atoms with van der Waals surface area (Å²) in [5.74, 6) is 0.858. The maximum atomic E-state index is 13.7. The van der Waals surface area contributed by atoms with Crippen molar-refractivity contribution in [3.8, 4) is 5.75 Å². The summed E-state index contributed by atoms with van der Waals surface area (Å²) in [4.78, 5) is 20.8. The molecule has 1 aromatic heterocycles. The highest BCUT2D eigenvalue weighted by atomic mass is 16.5. The Morgan fingerprint density at radius 2 is 1.75 bits per heavy atom. The Hall–Kier alpha value is -3.44. The number of hydrogen-bond acceptors (Lipinski definition) is 4. The Bertz CT molecular complexity index is 1320. The van der Waals surface area contributed by atoms with Crippen LogP contribution in [0.25, 0.3) is 6.08 Å². The average molecular weight is 426 g/mol. The minimum atomic E-state index is 0.0843. The molecular formula is C27H27N3O2. The normalized spacial score (nSPS) is 15.2. The van der Waals surface area contributed by atoms with Crippen molar-refractivity contribution in [1.82, 2.24) is 9.47 Å². The van der Waals surface area contributed by atoms with Gasteiger partial charge in [-0.05, 0) is 35.2 Å². The minimum absolute atomic E-state index is 0.0843. The van der Waals surface area contributed by atoms with Crippen LogP contribution < -0.4 is 21.0 Å². The van der Waals surface area contributed by atoms with Crippen LogP contribution in [0.5, 0.6) is 5.75 Å². The maximum Gasteiger partial charge on any atom is 0.257 e. The van der Waals surface area contributed by atoms with Crippen molar-refractivity contribution >= 4 is 6.08 Å². The van der Waals surface area contributed by atoms with Crippen LogP contribution in [0.4, 0.5) is 0 Å². The van der Waals surface area contributed by atoms with Crippen LogP contribution >= 0.6 is 0 Å². The highest BCUT2D eigenvalue weighted by Crippen LogP contribution is 2.18. The van der Waals surface area contributed by atoms with E-state index in [0.717, 1.165) is 52.7 Å². The summed E-state index contributed by atoms with van der Waals surface area (Å²) in [6.45, 7) is 3.52. The molecule has 0 fully saturated rings. The van der Waals surface area contributed by atoms with E-state index in [1.54, 1.807) is 7.11 Å². The molecule has 3 heterocycles. The monoisotopic (exact) mass is 425 g/mol. The molecule has 0 aliphatic carbocycles. The van der Waals surface area contributed by atoms with Gasteiger partial charge in [0.15, 0.2) is 0 Å². The quantitative estimate of drug-likeness (QED) is 0.631. The van der Waals surface area contributed by atoms with Gasteiger partial charge in [-0.25, -0.2) is 0 Å². The fourth-order valence-corrected chi connectivity index (χ4v) is 4.60. The number of pyridine rings is 1. The number of allylic oxidation sites excluding steroid dienone is 1. The number of rotatable bonds is 5. The van der Waals surface area contributed by atoms with E-state index < -0.39 is 0 Å². The van der Waals surface area contributed by atoms with Gasteiger partial charge in [0, 0.05) is 30.4 Å². The van der Waals surface area contributed by atoms with E-state index >= 15 is 0 Å². The van der Waals surface area contributed by atoms with Crippen molar-refractivity contribution in [2.75, 3.05) is 20.2 Å². The van der Waals surface area contributed by atoms with Crippen LogP contribution in [0.2, 0.25) is 0 Å². The lowest BCUT2D eigenvalue weighted by Gasteiger charge is -2.29. The van der Waals surface area contributed by atoms with Gasteiger partial charge in [0.2, 0.25) is 0 Å². The molecule has 0 radical (unpaired) electrons. The molecule has 2 aliphatic rings. The van der Waals surface area contributed by atoms with Gasteiger partial charge in [-0.1, -0.05) is 60.7 Å². The van der Waals surface area contributed by atoms with Crippen molar-refractivity contribution in [2.24, 2.45) is 4.99 Å². The number of aromatic nitrogens is 1. The molecule has 3 aromatic rings. The first-order valence-corrected chi connectivity index (χ1v) is 11.1. The molecule has 5 heteroatoms. The summed E-state index contributed by atoms with van der Waals surface area (Å²) in [6.07, 6.45) is 7.10. The van der Waals surface area contributed by atoms with Crippen LogP contribution in [-0.2, 0) is 26.1 Å². The summed E-state index contributed by atoms with van der Waals surface area (Å²) >= 11 is 0. The third kappa shape index (κ3) is 4.04. The Labute approximate surface area is 187 Å². The predicted molar refractivity (Wildman–Crippen MR) is 126 cm³/mol. The standard InChI is InChI=1S/C27H27N3O2/c1-32-22-12-10-21(11-13-22)17-29-16-14-23-24-9-5-6-15-28-26(24)30(27(31)25(23)19-29)18-20-7-3-2-4-8-20/h2-13H,14-19H2,1H3. The van der Waals surface area contributed by atoms with Crippen LogP contribution in [0.1, 0.15) is 22.3 Å². The molecule has 0 unspecified atom stereocenters. The second-order valence-corrected chi connectivity index (χ2v) is 8.32. The van der Waals surface area contributed by atoms with E-state index in [2.05, 4.69) is 41.3 Å². The summed E-state index contributed by atoms with van der Waals surface area (Å²) in [5, 5.41) is 1.10. The van der Waals surface area contributed by atoms with Crippen molar-refractivity contribution in [1.29, 1.82) is 0 Å². The second kappa shape index (κ2) is 8.97. The van der Waals surface area contributed by atoms with Gasteiger partial charge < -0.3 is 4.74 Å². The van der Waals surface area contributed by atoms with Crippen molar-refractivity contribution in [3.05, 3.63) is 110 Å². The van der Waals surface area contributed by atoms with Gasteiger partial charge >= 0.3 is 0 Å². The molecule has 0 bridgehead atoms. The number of fused-ring (bicyclic) bond motifs is 3. The smallest absolute Gasteiger partial charge is 0.257 e. The Balaban J connectivity index is 1.54. The molecule has 5 nitrogen and oxygen atoms in total. The van der Waals surface area contributed by atoms with Gasteiger partial charge in [0.05, 0.1) is 20.2 Å². The molecule has 2 aliphatic heterocycles. The molecule has 0 atom stereocenters. The van der Waals surface area contributed by atoms with E-state index in [1.807, 2.05) is 41.0 Å². The molecule has 162 valence electrons. The van der Waals surface area contributed by atoms with Crippen LogP contribution in [0, 0.1) is 0 Å². The predicted octanol–water partition coefficient (Wildman–Crippen LogP) is 2.43. The molecular weight excluding hydrogens is 398 g/mol. The van der Waals surface area contributed by atoms with Crippen LogP contribution in [0.15, 0.2) is 76.5 Å². The van der Waals surface area contributed by atoms with Gasteiger partial charge in [-0.3, -0.25) is 19.3 Å². The first kappa shape index (κ1) is 20.5. The first-order chi connectivity index (χ1) is 15.7. The number of benzene rings is 2. The van der Waals surface area contributed by atoms with Crippen molar-refractivity contribution < 1.29 is 4.74 Å². The Morgan fingerprint density at radius 3 is 2.53 bits per heavy atom. The van der Waals surface area contributed by atoms with E-state index in [9.17, 15) is 4.79 Å². The third-order valence-corrected chi connectivity index (χ3v) is 6.24. The summed E-state index contributed by atoms with van der Waals surface area (Å²) in [5.41, 5.74) is 5.29. The van der Waals surface area contributed by atoms with Crippen LogP contribution in [-0.4, -0.2) is 29.7 Å². The topological polar surface area (TPSA) is 46.8 Å². The minimum Gasteiger partial charge on any atom is -0.497 e. The number of hydrogen-bond donors (Lipinski definition) is 0. The number of methoxy groups -OCH3 is 1. The van der Waals surface area contributed by atoms with E-state index in [4.69, 9.17) is 9.73 Å². The van der Waals surface area contributed by atoms with E-state index in [0.29, 0.717) is 19.6 Å². The van der Waals surface area contributed by atoms with Crippen molar-refractivity contribution in [2.45, 2.75) is 26.1 Å². The largest absolute Gasteiger partial charge is 0.497 e. The van der Waals surface area contributed by atoms with Gasteiger partial charge in [0.1, 0.15) is 11.2 Å². The molecule has 2 aromatic carbocycles. The zero-order chi connectivity index (χ0) is 21.9. The van der Waals surface area contributed by atoms with Crippen molar-refractivity contribution in [3.63, 3.8) is 0 Å².